The lowest BCUT2D eigenvalue weighted by Gasteiger charge is -2.24. The summed E-state index contributed by atoms with van der Waals surface area (Å²) in [5.74, 6) is 1.04. The van der Waals surface area contributed by atoms with Crippen molar-refractivity contribution in [2.45, 2.75) is 59.2 Å². The summed E-state index contributed by atoms with van der Waals surface area (Å²) in [6.45, 7) is 8.24. The smallest absolute Gasteiger partial charge is 0.140 e. The molecule has 0 saturated carbocycles. The molecule has 4 aromatic carbocycles. The number of imidazole rings is 1. The molecule has 0 spiro atoms. The average molecular weight is 562 g/mol. The van der Waals surface area contributed by atoms with Crippen LogP contribution in [0.15, 0.2) is 109 Å². The van der Waals surface area contributed by atoms with Crippen molar-refractivity contribution in [2.24, 2.45) is 0 Å². The monoisotopic (exact) mass is 561 g/mol. The number of unbranched alkanes of at least 4 members (excludes halogenated alkanes) is 2. The first-order valence-electron chi connectivity index (χ1n) is 14.9. The minimum Gasteiger partial charge on any atom is -0.326 e. The van der Waals surface area contributed by atoms with Gasteiger partial charge in [-0.15, -0.1) is 0 Å². The molecule has 210 valence electrons. The molecule has 4 heteroatoms. The SMILES string of the molecule is CCCCN(Cc1ccc(-c2ccccc2)cc1)Cc1c(-c2ccc(Cl)cc2)nc(-c2ccccc2)n1CCCC. The number of rotatable bonds is 13. The van der Waals surface area contributed by atoms with E-state index in [1.54, 1.807) is 0 Å². The Balaban J connectivity index is 1.52. The normalized spacial score (nSPS) is 11.3. The van der Waals surface area contributed by atoms with Gasteiger partial charge in [-0.25, -0.2) is 4.98 Å². The van der Waals surface area contributed by atoms with Crippen molar-refractivity contribution >= 4 is 11.6 Å². The van der Waals surface area contributed by atoms with E-state index in [4.69, 9.17) is 16.6 Å². The Morgan fingerprint density at radius 3 is 1.85 bits per heavy atom. The summed E-state index contributed by atoms with van der Waals surface area (Å²) in [7, 11) is 0. The maximum absolute atomic E-state index is 6.29. The molecule has 0 N–H and O–H groups in total. The van der Waals surface area contributed by atoms with Gasteiger partial charge in [0.1, 0.15) is 5.82 Å². The maximum Gasteiger partial charge on any atom is 0.140 e. The van der Waals surface area contributed by atoms with Crippen molar-refractivity contribution in [3.63, 3.8) is 0 Å². The molecule has 5 rings (SSSR count). The molecule has 0 unspecified atom stereocenters. The van der Waals surface area contributed by atoms with Gasteiger partial charge in [-0.05, 0) is 48.2 Å². The molecule has 0 fully saturated rings. The summed E-state index contributed by atoms with van der Waals surface area (Å²) in [5.41, 5.74) is 8.43. The highest BCUT2D eigenvalue weighted by Gasteiger charge is 2.22. The highest BCUT2D eigenvalue weighted by molar-refractivity contribution is 6.30. The molecule has 1 heterocycles. The van der Waals surface area contributed by atoms with Crippen LogP contribution in [0.1, 0.15) is 50.8 Å². The van der Waals surface area contributed by atoms with E-state index in [9.17, 15) is 0 Å². The van der Waals surface area contributed by atoms with Gasteiger partial charge >= 0.3 is 0 Å². The van der Waals surface area contributed by atoms with E-state index in [0.29, 0.717) is 0 Å². The van der Waals surface area contributed by atoms with Gasteiger partial charge in [0.2, 0.25) is 0 Å². The largest absolute Gasteiger partial charge is 0.326 e. The minimum atomic E-state index is 0.743. The zero-order chi connectivity index (χ0) is 28.4. The first kappa shape index (κ1) is 28.9. The third-order valence-corrected chi connectivity index (χ3v) is 7.88. The number of aromatic nitrogens is 2. The molecule has 1 aromatic heterocycles. The van der Waals surface area contributed by atoms with Gasteiger partial charge in [-0.3, -0.25) is 4.90 Å². The standard InChI is InChI=1S/C37H40ClN3/c1-3-5-25-40(27-29-17-19-31(20-18-29)30-13-9-7-10-14-30)28-35-36(32-21-23-34(38)24-22-32)39-37(41(35)26-6-4-2)33-15-11-8-12-16-33/h7-24H,3-6,25-28H2,1-2H3. The first-order valence-corrected chi connectivity index (χ1v) is 15.3. The van der Waals surface area contributed by atoms with Crippen molar-refractivity contribution in [1.82, 2.24) is 14.5 Å². The predicted molar refractivity (Wildman–Crippen MR) is 174 cm³/mol. The van der Waals surface area contributed by atoms with Crippen molar-refractivity contribution in [3.05, 3.63) is 125 Å². The zero-order valence-electron chi connectivity index (χ0n) is 24.3. The summed E-state index contributed by atoms with van der Waals surface area (Å²) < 4.78 is 2.47. The highest BCUT2D eigenvalue weighted by Crippen LogP contribution is 2.32. The predicted octanol–water partition coefficient (Wildman–Crippen LogP) is 10.1. The van der Waals surface area contributed by atoms with Crippen molar-refractivity contribution in [1.29, 1.82) is 0 Å². The molecule has 0 radical (unpaired) electrons. The van der Waals surface area contributed by atoms with Crippen LogP contribution in [0.2, 0.25) is 5.02 Å². The van der Waals surface area contributed by atoms with E-state index in [-0.39, 0.29) is 0 Å². The van der Waals surface area contributed by atoms with Crippen LogP contribution < -0.4 is 0 Å². The van der Waals surface area contributed by atoms with Gasteiger partial charge in [0.25, 0.3) is 0 Å². The Kier molecular flexibility index (Phi) is 10.1. The van der Waals surface area contributed by atoms with Gasteiger partial charge in [-0.1, -0.05) is 135 Å². The zero-order valence-corrected chi connectivity index (χ0v) is 25.0. The lowest BCUT2D eigenvalue weighted by atomic mass is 10.0. The molecular weight excluding hydrogens is 522 g/mol. The van der Waals surface area contributed by atoms with Crippen LogP contribution in [0.25, 0.3) is 33.8 Å². The third kappa shape index (κ3) is 7.35. The molecule has 0 aliphatic carbocycles. The van der Waals surface area contributed by atoms with Crippen LogP contribution in [0, 0.1) is 0 Å². The van der Waals surface area contributed by atoms with Gasteiger partial charge in [0.15, 0.2) is 0 Å². The fourth-order valence-electron chi connectivity index (χ4n) is 5.35. The molecule has 0 amide bonds. The molecule has 0 aliphatic heterocycles. The van der Waals surface area contributed by atoms with Crippen LogP contribution in [-0.4, -0.2) is 21.0 Å². The van der Waals surface area contributed by atoms with Crippen molar-refractivity contribution in [2.75, 3.05) is 6.54 Å². The second-order valence-corrected chi connectivity index (χ2v) is 11.2. The van der Waals surface area contributed by atoms with Gasteiger partial charge in [0, 0.05) is 35.8 Å². The molecule has 41 heavy (non-hydrogen) atoms. The molecule has 0 bridgehead atoms. The third-order valence-electron chi connectivity index (χ3n) is 7.63. The van der Waals surface area contributed by atoms with Crippen LogP contribution in [0.4, 0.5) is 0 Å². The lowest BCUT2D eigenvalue weighted by Crippen LogP contribution is -2.26. The van der Waals surface area contributed by atoms with Crippen LogP contribution in [0.5, 0.6) is 0 Å². The van der Waals surface area contributed by atoms with Crippen molar-refractivity contribution < 1.29 is 0 Å². The Bertz CT molecular complexity index is 1490. The second-order valence-electron chi connectivity index (χ2n) is 10.7. The molecule has 5 aromatic rings. The van der Waals surface area contributed by atoms with Gasteiger partial charge in [0.05, 0.1) is 11.4 Å². The Morgan fingerprint density at radius 1 is 0.634 bits per heavy atom. The van der Waals surface area contributed by atoms with E-state index in [0.717, 1.165) is 79.5 Å². The molecule has 3 nitrogen and oxygen atoms in total. The number of benzene rings is 4. The quantitative estimate of drug-likeness (QED) is 0.142. The maximum atomic E-state index is 6.29. The van der Waals surface area contributed by atoms with Crippen molar-refractivity contribution in [3.8, 4) is 33.8 Å². The van der Waals surface area contributed by atoms with Gasteiger partial charge < -0.3 is 4.57 Å². The van der Waals surface area contributed by atoms with Crippen LogP contribution in [0.3, 0.4) is 0 Å². The fraction of sp³-hybridized carbons (Fsp3) is 0.270. The van der Waals surface area contributed by atoms with E-state index in [1.807, 2.05) is 12.1 Å². The summed E-state index contributed by atoms with van der Waals surface area (Å²) in [5, 5.41) is 0.743. The number of nitrogens with zero attached hydrogens (tertiary/aromatic N) is 3. The Morgan fingerprint density at radius 2 is 1.22 bits per heavy atom. The number of halogens is 1. The van der Waals surface area contributed by atoms with E-state index < -0.39 is 0 Å². The molecule has 0 atom stereocenters. The topological polar surface area (TPSA) is 21.1 Å². The second kappa shape index (κ2) is 14.3. The fourth-order valence-corrected chi connectivity index (χ4v) is 5.48. The lowest BCUT2D eigenvalue weighted by molar-refractivity contribution is 0.246. The van der Waals surface area contributed by atoms with E-state index in [2.05, 4.69) is 120 Å². The first-order chi connectivity index (χ1) is 20.2. The summed E-state index contributed by atoms with van der Waals surface area (Å²) in [6.07, 6.45) is 4.57. The molecule has 0 saturated heterocycles. The molecule has 0 aliphatic rings. The summed E-state index contributed by atoms with van der Waals surface area (Å²) >= 11 is 6.29. The van der Waals surface area contributed by atoms with Gasteiger partial charge in [-0.2, -0.15) is 0 Å². The Hall–Kier alpha value is -3.66. The highest BCUT2D eigenvalue weighted by atomic mass is 35.5. The molecular formula is C37H40ClN3. The minimum absolute atomic E-state index is 0.743. The summed E-state index contributed by atoms with van der Waals surface area (Å²) in [6, 6.07) is 38.4. The summed E-state index contributed by atoms with van der Waals surface area (Å²) in [4.78, 5) is 7.90. The van der Waals surface area contributed by atoms with Crippen LogP contribution in [-0.2, 0) is 19.6 Å². The number of hydrogen-bond donors (Lipinski definition) is 0. The average Bonchev–Trinajstić information content (AvgIpc) is 3.38. The Labute approximate surface area is 250 Å². The van der Waals surface area contributed by atoms with E-state index in [1.165, 1.54) is 22.4 Å². The number of hydrogen-bond acceptors (Lipinski definition) is 2. The van der Waals surface area contributed by atoms with E-state index >= 15 is 0 Å². The van der Waals surface area contributed by atoms with Crippen LogP contribution >= 0.6 is 11.6 Å².